The Labute approximate surface area is 160 Å². The van der Waals surface area contributed by atoms with Gasteiger partial charge >= 0.3 is 0 Å². The Morgan fingerprint density at radius 2 is 1.92 bits per heavy atom. The van der Waals surface area contributed by atoms with Gasteiger partial charge in [-0.05, 0) is 51.8 Å². The Morgan fingerprint density at radius 1 is 1.20 bits per heavy atom. The topological polar surface area (TPSA) is 36.3 Å². The highest BCUT2D eigenvalue weighted by molar-refractivity contribution is 6.42. The molecular formula is C19H26Cl2N2O2. The summed E-state index contributed by atoms with van der Waals surface area (Å²) in [6, 6.07) is 5.55. The van der Waals surface area contributed by atoms with Crippen LogP contribution in [-0.2, 0) is 9.47 Å². The minimum absolute atomic E-state index is 0.331. The van der Waals surface area contributed by atoms with Crippen molar-refractivity contribution in [3.8, 4) is 0 Å². The van der Waals surface area contributed by atoms with Crippen molar-refractivity contribution in [2.75, 3.05) is 6.61 Å². The molecule has 0 radical (unpaired) electrons. The van der Waals surface area contributed by atoms with Crippen LogP contribution in [0.3, 0.4) is 0 Å². The van der Waals surface area contributed by atoms with Crippen molar-refractivity contribution < 1.29 is 9.47 Å². The lowest BCUT2D eigenvalue weighted by molar-refractivity contribution is -0.166. The van der Waals surface area contributed by atoms with E-state index in [2.05, 4.69) is 11.9 Å². The summed E-state index contributed by atoms with van der Waals surface area (Å²) in [6.45, 7) is 10.7. The SMILES string of the molecule is CCCOC(c1ccc(Cl)c(Cl)c1)C(OC(C)(C)C)n1cnc(C)c1. The van der Waals surface area contributed by atoms with E-state index in [4.69, 9.17) is 32.7 Å². The Morgan fingerprint density at radius 3 is 2.44 bits per heavy atom. The Hall–Kier alpha value is -1.07. The van der Waals surface area contributed by atoms with Crippen LogP contribution in [0.25, 0.3) is 0 Å². The third-order valence-corrected chi connectivity index (χ3v) is 4.27. The molecule has 1 aromatic heterocycles. The van der Waals surface area contributed by atoms with Crippen LogP contribution in [0.1, 0.15) is 57.7 Å². The maximum atomic E-state index is 6.34. The normalized spacial score (nSPS) is 14.5. The lowest BCUT2D eigenvalue weighted by atomic mass is 10.1. The molecule has 0 saturated heterocycles. The number of nitrogens with zero attached hydrogens (tertiary/aromatic N) is 2. The molecule has 0 bridgehead atoms. The van der Waals surface area contributed by atoms with Crippen LogP contribution in [0.4, 0.5) is 0 Å². The van der Waals surface area contributed by atoms with Gasteiger partial charge in [-0.3, -0.25) is 0 Å². The fourth-order valence-electron chi connectivity index (χ4n) is 2.50. The van der Waals surface area contributed by atoms with Crippen molar-refractivity contribution in [1.82, 2.24) is 9.55 Å². The molecule has 2 unspecified atom stereocenters. The van der Waals surface area contributed by atoms with Crippen molar-refractivity contribution in [3.05, 3.63) is 52.0 Å². The number of rotatable bonds is 7. The predicted octanol–water partition coefficient (Wildman–Crippen LogP) is 5.98. The number of hydrogen-bond donors (Lipinski definition) is 0. The van der Waals surface area contributed by atoms with Gasteiger partial charge in [0.15, 0.2) is 6.23 Å². The molecule has 1 aromatic carbocycles. The Kier molecular flexibility index (Phi) is 6.92. The van der Waals surface area contributed by atoms with Gasteiger partial charge in [0.2, 0.25) is 0 Å². The maximum Gasteiger partial charge on any atom is 0.166 e. The van der Waals surface area contributed by atoms with Crippen LogP contribution in [0.15, 0.2) is 30.7 Å². The standard InChI is InChI=1S/C19H26Cl2N2O2/c1-6-9-24-17(14-7-8-15(20)16(21)10-14)18(25-19(3,4)5)23-11-13(2)22-12-23/h7-8,10-12,17-18H,6,9H2,1-5H3. The zero-order valence-electron chi connectivity index (χ0n) is 15.4. The fraction of sp³-hybridized carbons (Fsp3) is 0.526. The van der Waals surface area contributed by atoms with Gasteiger partial charge in [-0.15, -0.1) is 0 Å². The van der Waals surface area contributed by atoms with Crippen LogP contribution in [0.5, 0.6) is 0 Å². The molecule has 0 spiro atoms. The minimum Gasteiger partial charge on any atom is -0.369 e. The molecule has 2 aromatic rings. The summed E-state index contributed by atoms with van der Waals surface area (Å²) in [7, 11) is 0. The average molecular weight is 385 g/mol. The highest BCUT2D eigenvalue weighted by Crippen LogP contribution is 2.37. The molecular weight excluding hydrogens is 359 g/mol. The molecule has 2 rings (SSSR count). The second-order valence-electron chi connectivity index (χ2n) is 7.05. The fourth-order valence-corrected chi connectivity index (χ4v) is 2.80. The highest BCUT2D eigenvalue weighted by atomic mass is 35.5. The van der Waals surface area contributed by atoms with E-state index in [0.717, 1.165) is 17.7 Å². The lowest BCUT2D eigenvalue weighted by Gasteiger charge is -2.34. The number of hydrogen-bond acceptors (Lipinski definition) is 3. The molecule has 25 heavy (non-hydrogen) atoms. The predicted molar refractivity (Wildman–Crippen MR) is 102 cm³/mol. The van der Waals surface area contributed by atoms with Crippen LogP contribution in [0, 0.1) is 6.92 Å². The summed E-state index contributed by atoms with van der Waals surface area (Å²) in [5, 5.41) is 1.02. The van der Waals surface area contributed by atoms with Crippen LogP contribution >= 0.6 is 23.2 Å². The first-order valence-corrected chi connectivity index (χ1v) is 9.21. The van der Waals surface area contributed by atoms with Crippen LogP contribution < -0.4 is 0 Å². The second kappa shape index (κ2) is 8.54. The van der Waals surface area contributed by atoms with Gasteiger partial charge in [-0.1, -0.05) is 36.2 Å². The monoisotopic (exact) mass is 384 g/mol. The second-order valence-corrected chi connectivity index (χ2v) is 7.86. The van der Waals surface area contributed by atoms with Gasteiger partial charge in [0.1, 0.15) is 6.10 Å². The molecule has 0 saturated carbocycles. The van der Waals surface area contributed by atoms with Crippen molar-refractivity contribution in [2.24, 2.45) is 0 Å². The maximum absolute atomic E-state index is 6.34. The van der Waals surface area contributed by atoms with Gasteiger partial charge in [0.05, 0.1) is 27.7 Å². The summed E-state index contributed by atoms with van der Waals surface area (Å²) in [5.74, 6) is 0. The molecule has 138 valence electrons. The van der Waals surface area contributed by atoms with Gasteiger partial charge in [-0.25, -0.2) is 4.98 Å². The molecule has 0 aliphatic carbocycles. The van der Waals surface area contributed by atoms with Crippen molar-refractivity contribution in [2.45, 2.75) is 59.0 Å². The van der Waals surface area contributed by atoms with E-state index in [1.54, 1.807) is 12.4 Å². The summed E-state index contributed by atoms with van der Waals surface area (Å²) in [4.78, 5) is 4.34. The molecule has 0 aliphatic rings. The molecule has 6 heteroatoms. The summed E-state index contributed by atoms with van der Waals surface area (Å²) in [5.41, 5.74) is 1.49. The van der Waals surface area contributed by atoms with Crippen molar-refractivity contribution in [3.63, 3.8) is 0 Å². The third-order valence-electron chi connectivity index (χ3n) is 3.53. The average Bonchev–Trinajstić information content (AvgIpc) is 2.95. The number of halogens is 2. The zero-order valence-corrected chi connectivity index (χ0v) is 16.9. The van der Waals surface area contributed by atoms with Crippen molar-refractivity contribution in [1.29, 1.82) is 0 Å². The smallest absolute Gasteiger partial charge is 0.166 e. The number of benzene rings is 1. The van der Waals surface area contributed by atoms with E-state index < -0.39 is 0 Å². The van der Waals surface area contributed by atoms with E-state index >= 15 is 0 Å². The Bertz CT molecular complexity index is 695. The van der Waals surface area contributed by atoms with E-state index in [1.807, 2.05) is 50.6 Å². The van der Waals surface area contributed by atoms with Gasteiger partial charge in [0, 0.05) is 12.8 Å². The van der Waals surface area contributed by atoms with Crippen LogP contribution in [0.2, 0.25) is 10.0 Å². The number of aryl methyl sites for hydroxylation is 1. The number of aromatic nitrogens is 2. The first-order valence-electron chi connectivity index (χ1n) is 8.45. The van der Waals surface area contributed by atoms with Gasteiger partial charge in [-0.2, -0.15) is 0 Å². The third kappa shape index (κ3) is 5.71. The van der Waals surface area contributed by atoms with E-state index in [-0.39, 0.29) is 17.9 Å². The van der Waals surface area contributed by atoms with Crippen molar-refractivity contribution >= 4 is 23.2 Å². The van der Waals surface area contributed by atoms with Gasteiger partial charge < -0.3 is 14.0 Å². The van der Waals surface area contributed by atoms with Crippen LogP contribution in [-0.4, -0.2) is 21.8 Å². The first-order chi connectivity index (χ1) is 11.7. The minimum atomic E-state index is -0.370. The highest BCUT2D eigenvalue weighted by Gasteiger charge is 2.31. The number of imidazole rings is 1. The molecule has 0 N–H and O–H groups in total. The molecule has 2 atom stereocenters. The molecule has 0 fully saturated rings. The summed E-state index contributed by atoms with van der Waals surface area (Å²) in [6.07, 6.45) is 3.93. The van der Waals surface area contributed by atoms with E-state index in [9.17, 15) is 0 Å². The molecule has 0 aliphatic heterocycles. The molecule has 4 nitrogen and oxygen atoms in total. The summed E-state index contributed by atoms with van der Waals surface area (Å²) >= 11 is 12.3. The summed E-state index contributed by atoms with van der Waals surface area (Å²) < 4.78 is 14.5. The first kappa shape index (κ1) is 20.2. The zero-order chi connectivity index (χ0) is 18.6. The molecule has 0 amide bonds. The van der Waals surface area contributed by atoms with E-state index in [0.29, 0.717) is 16.7 Å². The van der Waals surface area contributed by atoms with Gasteiger partial charge in [0.25, 0.3) is 0 Å². The number of ether oxygens (including phenoxy) is 2. The quantitative estimate of drug-likeness (QED) is 0.588. The Balaban J connectivity index is 2.46. The molecule has 1 heterocycles. The lowest BCUT2D eigenvalue weighted by Crippen LogP contribution is -2.31. The largest absolute Gasteiger partial charge is 0.369 e. The van der Waals surface area contributed by atoms with E-state index in [1.165, 1.54) is 0 Å².